The van der Waals surface area contributed by atoms with Crippen LogP contribution in [0.5, 0.6) is 0 Å². The summed E-state index contributed by atoms with van der Waals surface area (Å²) in [6.45, 7) is 6.46. The maximum atomic E-state index is 12.0. The number of carbonyl (C=O) groups is 1. The van der Waals surface area contributed by atoms with Crippen LogP contribution in [-0.2, 0) is 11.2 Å². The monoisotopic (exact) mass is 291 g/mol. The summed E-state index contributed by atoms with van der Waals surface area (Å²) < 4.78 is 0. The molecule has 21 heavy (non-hydrogen) atoms. The van der Waals surface area contributed by atoms with Gasteiger partial charge in [0, 0.05) is 18.5 Å². The minimum absolute atomic E-state index is 0.0158. The molecule has 0 heterocycles. The van der Waals surface area contributed by atoms with E-state index in [1.165, 1.54) is 11.1 Å². The van der Waals surface area contributed by atoms with Crippen LogP contribution in [0.25, 0.3) is 0 Å². The van der Waals surface area contributed by atoms with E-state index in [0.717, 1.165) is 6.42 Å². The Morgan fingerprint density at radius 1 is 1.24 bits per heavy atom. The quantitative estimate of drug-likeness (QED) is 0.807. The Morgan fingerprint density at radius 2 is 1.81 bits per heavy atom. The first-order chi connectivity index (χ1) is 9.86. The molecule has 0 spiro atoms. The lowest BCUT2D eigenvalue weighted by molar-refractivity contribution is -0.125. The summed E-state index contributed by atoms with van der Waals surface area (Å²) in [7, 11) is 4.05. The van der Waals surface area contributed by atoms with Gasteiger partial charge < -0.3 is 16.0 Å². The Morgan fingerprint density at radius 3 is 2.24 bits per heavy atom. The highest BCUT2D eigenvalue weighted by atomic mass is 16.1. The van der Waals surface area contributed by atoms with Gasteiger partial charge in [-0.1, -0.05) is 38.1 Å². The number of nitrogens with one attached hydrogen (secondary N) is 1. The zero-order valence-corrected chi connectivity index (χ0v) is 13.9. The molecule has 1 aromatic rings. The summed E-state index contributed by atoms with van der Waals surface area (Å²) in [6.07, 6.45) is 1.04. The summed E-state index contributed by atoms with van der Waals surface area (Å²) >= 11 is 0. The molecule has 3 atom stereocenters. The lowest BCUT2D eigenvalue weighted by atomic mass is 10.0. The Labute approximate surface area is 128 Å². The number of nitrogens with zero attached hydrogens (tertiary/aromatic N) is 1. The van der Waals surface area contributed by atoms with Crippen LogP contribution in [0.3, 0.4) is 0 Å². The fourth-order valence-corrected chi connectivity index (χ4v) is 2.17. The Hall–Kier alpha value is -1.39. The van der Waals surface area contributed by atoms with Crippen LogP contribution < -0.4 is 11.1 Å². The second kappa shape index (κ2) is 8.15. The maximum Gasteiger partial charge on any atom is 0.224 e. The zero-order valence-electron chi connectivity index (χ0n) is 13.9. The second-order valence-corrected chi connectivity index (χ2v) is 5.97. The SMILES string of the molecule is CCc1ccc(C(CNC(=O)C(C)C(C)N)N(C)C)cc1. The van der Waals surface area contributed by atoms with Crippen molar-refractivity contribution in [2.24, 2.45) is 11.7 Å². The minimum Gasteiger partial charge on any atom is -0.354 e. The lowest BCUT2D eigenvalue weighted by Gasteiger charge is -2.26. The van der Waals surface area contributed by atoms with Gasteiger partial charge in [-0.25, -0.2) is 0 Å². The molecular formula is C17H29N3O. The van der Waals surface area contributed by atoms with E-state index in [-0.39, 0.29) is 23.9 Å². The van der Waals surface area contributed by atoms with Crippen molar-refractivity contribution in [1.29, 1.82) is 0 Å². The van der Waals surface area contributed by atoms with E-state index in [0.29, 0.717) is 6.54 Å². The molecule has 0 aliphatic carbocycles. The molecule has 0 saturated heterocycles. The van der Waals surface area contributed by atoms with Crippen LogP contribution in [0.2, 0.25) is 0 Å². The Bertz CT molecular complexity index is 440. The van der Waals surface area contributed by atoms with Gasteiger partial charge in [0.1, 0.15) is 0 Å². The van der Waals surface area contributed by atoms with Gasteiger partial charge in [-0.3, -0.25) is 4.79 Å². The predicted molar refractivity (Wildman–Crippen MR) is 88.1 cm³/mol. The van der Waals surface area contributed by atoms with Crippen LogP contribution >= 0.6 is 0 Å². The zero-order chi connectivity index (χ0) is 16.0. The molecule has 4 heteroatoms. The van der Waals surface area contributed by atoms with Crippen LogP contribution in [0, 0.1) is 5.92 Å². The van der Waals surface area contributed by atoms with Gasteiger partial charge in [-0.15, -0.1) is 0 Å². The average Bonchev–Trinajstić information content (AvgIpc) is 2.46. The van der Waals surface area contributed by atoms with E-state index < -0.39 is 0 Å². The van der Waals surface area contributed by atoms with Gasteiger partial charge in [0.05, 0.1) is 6.04 Å². The van der Waals surface area contributed by atoms with E-state index in [2.05, 4.69) is 41.4 Å². The van der Waals surface area contributed by atoms with Crippen molar-refractivity contribution < 1.29 is 4.79 Å². The van der Waals surface area contributed by atoms with Crippen molar-refractivity contribution in [2.45, 2.75) is 39.3 Å². The van der Waals surface area contributed by atoms with Gasteiger partial charge in [-0.2, -0.15) is 0 Å². The molecular weight excluding hydrogens is 262 g/mol. The normalized spacial score (nSPS) is 15.6. The summed E-state index contributed by atoms with van der Waals surface area (Å²) in [4.78, 5) is 14.2. The third kappa shape index (κ3) is 5.14. The number of nitrogens with two attached hydrogens (primary N) is 1. The van der Waals surface area contributed by atoms with E-state index in [1.807, 2.05) is 27.9 Å². The van der Waals surface area contributed by atoms with Crippen LogP contribution in [0.1, 0.15) is 37.9 Å². The van der Waals surface area contributed by atoms with Gasteiger partial charge >= 0.3 is 0 Å². The molecule has 0 saturated carbocycles. The standard InChI is InChI=1S/C17H29N3O/c1-6-14-7-9-15(10-8-14)16(20(4)5)11-19-17(21)12(2)13(3)18/h7-10,12-13,16H,6,11,18H2,1-5H3,(H,19,21). The van der Waals surface area contributed by atoms with Crippen molar-refractivity contribution in [2.75, 3.05) is 20.6 Å². The molecule has 3 N–H and O–H groups in total. The molecule has 0 bridgehead atoms. The van der Waals surface area contributed by atoms with Crippen LogP contribution in [0.15, 0.2) is 24.3 Å². The molecule has 0 radical (unpaired) electrons. The largest absolute Gasteiger partial charge is 0.354 e. The number of hydrogen-bond donors (Lipinski definition) is 2. The highest BCUT2D eigenvalue weighted by Crippen LogP contribution is 2.18. The smallest absolute Gasteiger partial charge is 0.224 e. The van der Waals surface area contributed by atoms with Crippen molar-refractivity contribution >= 4 is 5.91 Å². The van der Waals surface area contributed by atoms with Crippen molar-refractivity contribution in [1.82, 2.24) is 10.2 Å². The Balaban J connectivity index is 2.72. The molecule has 0 fully saturated rings. The summed E-state index contributed by atoms with van der Waals surface area (Å²) in [6, 6.07) is 8.62. The fourth-order valence-electron chi connectivity index (χ4n) is 2.17. The molecule has 0 aliphatic heterocycles. The van der Waals surface area contributed by atoms with Gasteiger partial charge in [0.2, 0.25) is 5.91 Å². The highest BCUT2D eigenvalue weighted by Gasteiger charge is 2.20. The van der Waals surface area contributed by atoms with Crippen LogP contribution in [-0.4, -0.2) is 37.5 Å². The summed E-state index contributed by atoms with van der Waals surface area (Å²) in [5, 5.41) is 3.01. The number of amides is 1. The third-order valence-electron chi connectivity index (χ3n) is 4.07. The van der Waals surface area contributed by atoms with Gasteiger partial charge in [-0.05, 0) is 38.6 Å². The predicted octanol–water partition coefficient (Wildman–Crippen LogP) is 1.95. The average molecular weight is 291 g/mol. The molecule has 1 rings (SSSR count). The van der Waals surface area contributed by atoms with Crippen molar-refractivity contribution in [3.8, 4) is 0 Å². The lowest BCUT2D eigenvalue weighted by Crippen LogP contribution is -2.41. The van der Waals surface area contributed by atoms with Crippen molar-refractivity contribution in [3.63, 3.8) is 0 Å². The molecule has 3 unspecified atom stereocenters. The number of likely N-dealkylation sites (N-methyl/N-ethyl adjacent to an activating group) is 1. The Kier molecular flexibility index (Phi) is 6.85. The number of rotatable bonds is 7. The topological polar surface area (TPSA) is 58.4 Å². The maximum absolute atomic E-state index is 12.0. The fraction of sp³-hybridized carbons (Fsp3) is 0.588. The van der Waals surface area contributed by atoms with E-state index in [1.54, 1.807) is 0 Å². The first-order valence-electron chi connectivity index (χ1n) is 7.65. The van der Waals surface area contributed by atoms with E-state index >= 15 is 0 Å². The minimum atomic E-state index is -0.171. The molecule has 118 valence electrons. The summed E-state index contributed by atoms with van der Waals surface area (Å²) in [5.74, 6) is -0.155. The molecule has 4 nitrogen and oxygen atoms in total. The summed E-state index contributed by atoms with van der Waals surface area (Å²) in [5.41, 5.74) is 8.31. The van der Waals surface area contributed by atoms with E-state index in [9.17, 15) is 4.79 Å². The van der Waals surface area contributed by atoms with Gasteiger partial charge in [0.25, 0.3) is 0 Å². The number of aryl methyl sites for hydroxylation is 1. The number of carbonyl (C=O) groups excluding carboxylic acids is 1. The molecule has 0 aliphatic rings. The van der Waals surface area contributed by atoms with Crippen LogP contribution in [0.4, 0.5) is 0 Å². The van der Waals surface area contributed by atoms with Crippen molar-refractivity contribution in [3.05, 3.63) is 35.4 Å². The first kappa shape index (κ1) is 17.7. The van der Waals surface area contributed by atoms with E-state index in [4.69, 9.17) is 5.73 Å². The number of hydrogen-bond acceptors (Lipinski definition) is 3. The highest BCUT2D eigenvalue weighted by molar-refractivity contribution is 5.78. The van der Waals surface area contributed by atoms with Gasteiger partial charge in [0.15, 0.2) is 0 Å². The molecule has 1 aromatic carbocycles. The second-order valence-electron chi connectivity index (χ2n) is 5.97. The number of benzene rings is 1. The third-order valence-corrected chi connectivity index (χ3v) is 4.07. The first-order valence-corrected chi connectivity index (χ1v) is 7.65. The molecule has 0 aromatic heterocycles. The molecule has 1 amide bonds.